The topological polar surface area (TPSA) is 61.8 Å². The Bertz CT molecular complexity index is 237. The summed E-state index contributed by atoms with van der Waals surface area (Å²) in [7, 11) is 0. The van der Waals surface area contributed by atoms with E-state index in [-0.39, 0.29) is 0 Å². The Morgan fingerprint density at radius 2 is 1.50 bits per heavy atom. The summed E-state index contributed by atoms with van der Waals surface area (Å²) in [6.07, 6.45) is 13.9. The van der Waals surface area contributed by atoms with E-state index >= 15 is 0 Å². The highest BCUT2D eigenvalue weighted by Crippen LogP contribution is 2.11. The van der Waals surface area contributed by atoms with Gasteiger partial charge in [-0.15, -0.1) is 0 Å². The monoisotopic (exact) mass is 305 g/mol. The molecule has 20 heavy (non-hydrogen) atoms. The van der Waals surface area contributed by atoms with Crippen molar-refractivity contribution in [2.75, 3.05) is 19.6 Å². The molecule has 1 rings (SSSR count). The summed E-state index contributed by atoms with van der Waals surface area (Å²) in [5.41, 5.74) is 5.78. The Morgan fingerprint density at radius 1 is 1.00 bits per heavy atom. The molecule has 0 saturated carbocycles. The molecule has 0 unspecified atom stereocenters. The molecule has 1 aliphatic heterocycles. The molecule has 0 aromatic rings. The Kier molecular flexibility index (Phi) is 14.6. The number of rotatable bonds is 11. The first kappa shape index (κ1) is 19.5. The minimum atomic E-state index is 0.755. The molecule has 0 bridgehead atoms. The molecule has 1 heterocycles. The van der Waals surface area contributed by atoms with Crippen molar-refractivity contribution in [3.63, 3.8) is 0 Å². The minimum absolute atomic E-state index is 0.755. The van der Waals surface area contributed by atoms with Crippen LogP contribution in [0.2, 0.25) is 0 Å². The maximum atomic E-state index is 6.47. The van der Waals surface area contributed by atoms with Gasteiger partial charge in [0.2, 0.25) is 0 Å². The number of nitrogens with zero attached hydrogens (tertiary/aromatic N) is 2. The van der Waals surface area contributed by atoms with Gasteiger partial charge in [-0.25, -0.2) is 0 Å². The van der Waals surface area contributed by atoms with Gasteiger partial charge in [-0.2, -0.15) is 0 Å². The maximum absolute atomic E-state index is 6.47. The Labute approximate surface area is 129 Å². The molecular formula is C15H32ClN3O. The molecule has 1 aliphatic rings. The van der Waals surface area contributed by atoms with Gasteiger partial charge in [0, 0.05) is 13.1 Å². The van der Waals surface area contributed by atoms with Crippen molar-refractivity contribution in [2.24, 2.45) is 10.7 Å². The van der Waals surface area contributed by atoms with E-state index in [0.29, 0.717) is 0 Å². The summed E-state index contributed by atoms with van der Waals surface area (Å²) >= 11 is 3.64. The van der Waals surface area contributed by atoms with Crippen LogP contribution in [0.4, 0.5) is 0 Å². The van der Waals surface area contributed by atoms with E-state index in [1.54, 1.807) is 0 Å². The molecule has 0 aliphatic carbocycles. The zero-order chi connectivity index (χ0) is 15.1. The third-order valence-corrected chi connectivity index (χ3v) is 3.75. The SMILES string of the molecule is CCCCCCCCCCCCN1CCN=C1N.OCl. The van der Waals surface area contributed by atoms with E-state index in [4.69, 9.17) is 10.4 Å². The van der Waals surface area contributed by atoms with Crippen molar-refractivity contribution < 1.29 is 4.66 Å². The van der Waals surface area contributed by atoms with Crippen LogP contribution in [0.15, 0.2) is 4.99 Å². The summed E-state index contributed by atoms with van der Waals surface area (Å²) < 4.78 is 6.47. The fourth-order valence-corrected chi connectivity index (χ4v) is 2.52. The lowest BCUT2D eigenvalue weighted by molar-refractivity contribution is 0.427. The molecule has 0 aromatic carbocycles. The number of guanidine groups is 1. The zero-order valence-electron chi connectivity index (χ0n) is 13.0. The quantitative estimate of drug-likeness (QED) is 0.573. The molecule has 3 N–H and O–H groups in total. The minimum Gasteiger partial charge on any atom is -0.370 e. The second-order valence-corrected chi connectivity index (χ2v) is 5.41. The molecule has 0 saturated heterocycles. The smallest absolute Gasteiger partial charge is 0.191 e. The average Bonchev–Trinajstić information content (AvgIpc) is 2.89. The van der Waals surface area contributed by atoms with Crippen LogP contribution in [-0.4, -0.2) is 35.2 Å². The van der Waals surface area contributed by atoms with E-state index in [2.05, 4.69) is 28.7 Å². The van der Waals surface area contributed by atoms with E-state index < -0.39 is 0 Å². The number of aliphatic imine (C=N–C) groups is 1. The van der Waals surface area contributed by atoms with Crippen molar-refractivity contribution in [3.05, 3.63) is 0 Å². The van der Waals surface area contributed by atoms with Crippen LogP contribution in [0.1, 0.15) is 71.1 Å². The molecule has 0 radical (unpaired) electrons. The first-order valence-corrected chi connectivity index (χ1v) is 8.40. The van der Waals surface area contributed by atoms with Crippen LogP contribution in [0, 0.1) is 0 Å². The fraction of sp³-hybridized carbons (Fsp3) is 0.933. The summed E-state index contributed by atoms with van der Waals surface area (Å²) in [4.78, 5) is 6.41. The lowest BCUT2D eigenvalue weighted by atomic mass is 10.1. The van der Waals surface area contributed by atoms with E-state index in [9.17, 15) is 0 Å². The Balaban J connectivity index is 0.00000172. The summed E-state index contributed by atoms with van der Waals surface area (Å²) in [6.45, 7) is 5.30. The molecule has 0 amide bonds. The number of hydrogen-bond donors (Lipinski definition) is 2. The van der Waals surface area contributed by atoms with Gasteiger partial charge in [0.15, 0.2) is 5.96 Å². The first-order chi connectivity index (χ1) is 9.84. The number of nitrogens with two attached hydrogens (primary N) is 1. The molecule has 0 aromatic heterocycles. The van der Waals surface area contributed by atoms with Gasteiger partial charge in [0.25, 0.3) is 0 Å². The molecule has 0 spiro atoms. The molecule has 0 atom stereocenters. The van der Waals surface area contributed by atoms with E-state index in [0.717, 1.165) is 25.6 Å². The Hall–Kier alpha value is -0.480. The third-order valence-electron chi connectivity index (χ3n) is 3.75. The van der Waals surface area contributed by atoms with Gasteiger partial charge in [-0.3, -0.25) is 9.65 Å². The Morgan fingerprint density at radius 3 is 1.95 bits per heavy atom. The normalized spacial score (nSPS) is 13.9. The van der Waals surface area contributed by atoms with Crippen LogP contribution in [-0.2, 0) is 0 Å². The first-order valence-electron chi connectivity index (χ1n) is 8.06. The molecular weight excluding hydrogens is 274 g/mol. The van der Waals surface area contributed by atoms with E-state index in [1.165, 1.54) is 64.2 Å². The average molecular weight is 306 g/mol. The maximum Gasteiger partial charge on any atom is 0.191 e. The van der Waals surface area contributed by atoms with Gasteiger partial charge >= 0.3 is 0 Å². The van der Waals surface area contributed by atoms with Crippen LogP contribution in [0.3, 0.4) is 0 Å². The van der Waals surface area contributed by atoms with Crippen LogP contribution < -0.4 is 5.73 Å². The highest BCUT2D eigenvalue weighted by Gasteiger charge is 2.11. The van der Waals surface area contributed by atoms with Crippen molar-refractivity contribution >= 4 is 17.8 Å². The molecule has 4 nitrogen and oxygen atoms in total. The van der Waals surface area contributed by atoms with E-state index in [1.807, 2.05) is 0 Å². The van der Waals surface area contributed by atoms with Gasteiger partial charge < -0.3 is 10.6 Å². The van der Waals surface area contributed by atoms with Gasteiger partial charge in [-0.1, -0.05) is 64.7 Å². The third kappa shape index (κ3) is 10.3. The number of halogens is 1. The van der Waals surface area contributed by atoms with Gasteiger partial charge in [0.1, 0.15) is 0 Å². The van der Waals surface area contributed by atoms with Gasteiger partial charge in [-0.05, 0) is 6.42 Å². The molecule has 120 valence electrons. The highest BCUT2D eigenvalue weighted by atomic mass is 35.5. The van der Waals surface area contributed by atoms with Gasteiger partial charge in [0.05, 0.1) is 18.4 Å². The standard InChI is InChI=1S/C15H31N3.ClHO/c1-2-3-4-5-6-7-8-9-10-11-13-18-14-12-17-15(18)16;1-2/h2-14H2,1H3,(H2,16,17);2H. The van der Waals surface area contributed by atoms with Crippen molar-refractivity contribution in [1.82, 2.24) is 4.90 Å². The lowest BCUT2D eigenvalue weighted by Crippen LogP contribution is -2.34. The van der Waals surface area contributed by atoms with Crippen LogP contribution in [0.5, 0.6) is 0 Å². The van der Waals surface area contributed by atoms with Crippen LogP contribution >= 0.6 is 11.9 Å². The summed E-state index contributed by atoms with van der Waals surface area (Å²) in [5, 5.41) is 0. The second-order valence-electron chi connectivity index (χ2n) is 5.41. The van der Waals surface area contributed by atoms with Crippen molar-refractivity contribution in [2.45, 2.75) is 71.1 Å². The predicted molar refractivity (Wildman–Crippen MR) is 88.0 cm³/mol. The predicted octanol–water partition coefficient (Wildman–Crippen LogP) is 3.67. The number of unbranched alkanes of at least 4 members (excludes halogenated alkanes) is 9. The lowest BCUT2D eigenvalue weighted by Gasteiger charge is -2.16. The molecule has 0 fully saturated rings. The second kappa shape index (κ2) is 14.9. The zero-order valence-corrected chi connectivity index (χ0v) is 13.7. The van der Waals surface area contributed by atoms with Crippen molar-refractivity contribution in [3.8, 4) is 0 Å². The fourth-order valence-electron chi connectivity index (χ4n) is 2.52. The highest BCUT2D eigenvalue weighted by molar-refractivity contribution is 6.04. The summed E-state index contributed by atoms with van der Waals surface area (Å²) in [5.74, 6) is 0.755. The summed E-state index contributed by atoms with van der Waals surface area (Å²) in [6, 6.07) is 0. The molecule has 5 heteroatoms. The van der Waals surface area contributed by atoms with Crippen LogP contribution in [0.25, 0.3) is 0 Å². The number of hydrogen-bond acceptors (Lipinski definition) is 4. The van der Waals surface area contributed by atoms with Crippen molar-refractivity contribution in [1.29, 1.82) is 0 Å². The largest absolute Gasteiger partial charge is 0.370 e.